The molecule has 4 rings (SSSR count). The number of aryl methyl sites for hydroxylation is 1. The molecule has 8 nitrogen and oxygen atoms in total. The van der Waals surface area contributed by atoms with E-state index in [0.717, 1.165) is 18.4 Å². The summed E-state index contributed by atoms with van der Waals surface area (Å²) in [5.74, 6) is 0.0984. The molecular weight excluding hydrogens is 388 g/mol. The number of nitrogens with one attached hydrogen (secondary N) is 3. The number of aromatic amines is 1. The van der Waals surface area contributed by atoms with Crippen LogP contribution in [0.4, 0.5) is 5.69 Å². The van der Waals surface area contributed by atoms with Crippen molar-refractivity contribution in [3.63, 3.8) is 0 Å². The van der Waals surface area contributed by atoms with Gasteiger partial charge in [-0.2, -0.15) is 5.10 Å². The first-order valence-electron chi connectivity index (χ1n) is 9.29. The molecule has 1 saturated carbocycles. The van der Waals surface area contributed by atoms with Crippen molar-refractivity contribution in [3.05, 3.63) is 70.0 Å². The average molecular weight is 408 g/mol. The van der Waals surface area contributed by atoms with E-state index in [-0.39, 0.29) is 18.4 Å². The van der Waals surface area contributed by atoms with E-state index >= 15 is 0 Å². The number of H-pyrrole nitrogens is 1. The van der Waals surface area contributed by atoms with E-state index in [9.17, 15) is 9.59 Å². The van der Waals surface area contributed by atoms with Crippen molar-refractivity contribution >= 4 is 29.7 Å². The van der Waals surface area contributed by atoms with Crippen LogP contribution >= 0.6 is 12.2 Å². The molecule has 148 valence electrons. The lowest BCUT2D eigenvalue weighted by Crippen LogP contribution is -2.26. The van der Waals surface area contributed by atoms with Crippen LogP contribution in [0.1, 0.15) is 51.0 Å². The third kappa shape index (κ3) is 4.09. The predicted molar refractivity (Wildman–Crippen MR) is 110 cm³/mol. The molecule has 2 aromatic heterocycles. The second-order valence-corrected chi connectivity index (χ2v) is 7.30. The third-order valence-corrected chi connectivity index (χ3v) is 5.08. The van der Waals surface area contributed by atoms with Gasteiger partial charge in [-0.1, -0.05) is 12.1 Å². The van der Waals surface area contributed by atoms with Crippen LogP contribution in [0.15, 0.2) is 42.7 Å². The fraction of sp³-hybridized carbons (Fsp3) is 0.250. The van der Waals surface area contributed by atoms with Gasteiger partial charge in [-0.3, -0.25) is 24.2 Å². The Morgan fingerprint density at radius 1 is 1.21 bits per heavy atom. The second-order valence-electron chi connectivity index (χ2n) is 6.92. The molecule has 9 heteroatoms. The molecule has 0 bridgehead atoms. The summed E-state index contributed by atoms with van der Waals surface area (Å²) in [4.78, 5) is 29.3. The highest BCUT2D eigenvalue weighted by Gasteiger charge is 2.27. The van der Waals surface area contributed by atoms with Gasteiger partial charge in [0.25, 0.3) is 11.8 Å². The Morgan fingerprint density at radius 2 is 1.97 bits per heavy atom. The standard InChI is InChI=1S/C20H20N6O2S/c1-12-3-2-4-15(17(12)23-18(27)13-7-9-21-10-8-13)19(28)22-11-16-24-25-20(29)26(16)14-5-6-14/h2-4,7-10,14H,5-6,11H2,1H3,(H,22,28)(H,23,27)(H,25,29). The molecule has 1 aliphatic rings. The van der Waals surface area contributed by atoms with Crippen LogP contribution in [0.5, 0.6) is 0 Å². The summed E-state index contributed by atoms with van der Waals surface area (Å²) in [5, 5.41) is 12.7. The second kappa shape index (κ2) is 7.96. The number of aromatic nitrogens is 4. The van der Waals surface area contributed by atoms with Crippen LogP contribution in [-0.2, 0) is 6.54 Å². The predicted octanol–water partition coefficient (Wildman–Crippen LogP) is 3.16. The van der Waals surface area contributed by atoms with Crippen LogP contribution in [-0.4, -0.2) is 31.6 Å². The number of carbonyl (C=O) groups excluding carboxylic acids is 2. The van der Waals surface area contributed by atoms with E-state index in [2.05, 4.69) is 25.8 Å². The Kier molecular flexibility index (Phi) is 5.22. The van der Waals surface area contributed by atoms with Gasteiger partial charge in [0.05, 0.1) is 17.8 Å². The maximum Gasteiger partial charge on any atom is 0.255 e. The highest BCUT2D eigenvalue weighted by molar-refractivity contribution is 7.71. The minimum atomic E-state index is -0.301. The summed E-state index contributed by atoms with van der Waals surface area (Å²) in [7, 11) is 0. The number of anilines is 1. The van der Waals surface area contributed by atoms with Crippen molar-refractivity contribution in [3.8, 4) is 0 Å². The van der Waals surface area contributed by atoms with Gasteiger partial charge < -0.3 is 10.6 Å². The summed E-state index contributed by atoms with van der Waals surface area (Å²) < 4.78 is 2.52. The first kappa shape index (κ1) is 19.0. The molecule has 0 radical (unpaired) electrons. The van der Waals surface area contributed by atoms with Crippen molar-refractivity contribution in [2.75, 3.05) is 5.32 Å². The van der Waals surface area contributed by atoms with Crippen LogP contribution in [0.25, 0.3) is 0 Å². The van der Waals surface area contributed by atoms with Crippen LogP contribution in [0.2, 0.25) is 0 Å². The van der Waals surface area contributed by atoms with Crippen molar-refractivity contribution < 1.29 is 9.59 Å². The summed E-state index contributed by atoms with van der Waals surface area (Å²) in [5.41, 5.74) is 2.13. The summed E-state index contributed by atoms with van der Waals surface area (Å²) in [6.07, 6.45) is 5.23. The van der Waals surface area contributed by atoms with E-state index in [1.165, 1.54) is 0 Å². The molecule has 2 amide bonds. The van der Waals surface area contributed by atoms with E-state index in [1.807, 2.05) is 17.6 Å². The Hall–Kier alpha value is -3.33. The minimum absolute atomic E-state index is 0.244. The zero-order chi connectivity index (χ0) is 20.4. The van der Waals surface area contributed by atoms with E-state index in [0.29, 0.717) is 33.5 Å². The van der Waals surface area contributed by atoms with Gasteiger partial charge in [0.1, 0.15) is 0 Å². The van der Waals surface area contributed by atoms with Crippen molar-refractivity contribution in [1.29, 1.82) is 0 Å². The zero-order valence-corrected chi connectivity index (χ0v) is 16.6. The van der Waals surface area contributed by atoms with Crippen molar-refractivity contribution in [2.45, 2.75) is 32.4 Å². The Morgan fingerprint density at radius 3 is 2.69 bits per heavy atom. The van der Waals surface area contributed by atoms with Crippen molar-refractivity contribution in [2.24, 2.45) is 0 Å². The SMILES string of the molecule is Cc1cccc(C(=O)NCc2n[nH]c(=S)n2C2CC2)c1NC(=O)c1ccncc1. The summed E-state index contributed by atoms with van der Waals surface area (Å²) in [6.45, 7) is 2.09. The number of nitrogens with zero attached hydrogens (tertiary/aromatic N) is 3. The average Bonchev–Trinajstić information content (AvgIpc) is 3.50. The smallest absolute Gasteiger partial charge is 0.255 e. The molecule has 0 unspecified atom stereocenters. The topological polar surface area (TPSA) is 105 Å². The number of pyridine rings is 1. The molecule has 0 spiro atoms. The molecule has 0 aliphatic heterocycles. The minimum Gasteiger partial charge on any atom is -0.345 e. The van der Waals surface area contributed by atoms with Gasteiger partial charge in [-0.05, 0) is 55.7 Å². The third-order valence-electron chi connectivity index (χ3n) is 4.80. The number of para-hydroxylation sites is 1. The molecule has 1 aromatic carbocycles. The van der Waals surface area contributed by atoms with Crippen molar-refractivity contribution in [1.82, 2.24) is 25.1 Å². The number of hydrogen-bond donors (Lipinski definition) is 3. The Labute approximate surface area is 172 Å². The first-order valence-corrected chi connectivity index (χ1v) is 9.70. The quantitative estimate of drug-likeness (QED) is 0.544. The highest BCUT2D eigenvalue weighted by atomic mass is 32.1. The lowest BCUT2D eigenvalue weighted by atomic mass is 10.1. The maximum absolute atomic E-state index is 12.9. The lowest BCUT2D eigenvalue weighted by Gasteiger charge is -2.14. The number of carbonyl (C=O) groups is 2. The molecule has 3 aromatic rings. The monoisotopic (exact) mass is 408 g/mol. The fourth-order valence-corrected chi connectivity index (χ4v) is 3.44. The molecule has 1 fully saturated rings. The molecule has 0 atom stereocenters. The molecule has 3 N–H and O–H groups in total. The highest BCUT2D eigenvalue weighted by Crippen LogP contribution is 2.35. The Bertz CT molecular complexity index is 1120. The summed E-state index contributed by atoms with van der Waals surface area (Å²) in [6, 6.07) is 8.91. The molecule has 1 aliphatic carbocycles. The fourth-order valence-electron chi connectivity index (χ4n) is 3.14. The largest absolute Gasteiger partial charge is 0.345 e. The number of hydrogen-bond acceptors (Lipinski definition) is 5. The van der Waals surface area contributed by atoms with E-state index < -0.39 is 0 Å². The lowest BCUT2D eigenvalue weighted by molar-refractivity contribution is 0.0950. The zero-order valence-electron chi connectivity index (χ0n) is 15.8. The molecule has 0 saturated heterocycles. The van der Waals surface area contributed by atoms with Gasteiger partial charge in [-0.25, -0.2) is 0 Å². The van der Waals surface area contributed by atoms with Gasteiger partial charge in [0.2, 0.25) is 0 Å². The number of benzene rings is 1. The van der Waals surface area contributed by atoms with Crippen LogP contribution in [0.3, 0.4) is 0 Å². The van der Waals surface area contributed by atoms with Gasteiger partial charge in [0.15, 0.2) is 10.6 Å². The van der Waals surface area contributed by atoms with Crippen LogP contribution < -0.4 is 10.6 Å². The van der Waals surface area contributed by atoms with Gasteiger partial charge in [0, 0.05) is 24.0 Å². The molecule has 29 heavy (non-hydrogen) atoms. The van der Waals surface area contributed by atoms with E-state index in [4.69, 9.17) is 12.2 Å². The van der Waals surface area contributed by atoms with E-state index in [1.54, 1.807) is 36.7 Å². The molecular formula is C20H20N6O2S. The Balaban J connectivity index is 1.52. The normalized spacial score (nSPS) is 13.1. The number of amides is 2. The number of rotatable bonds is 6. The van der Waals surface area contributed by atoms with Gasteiger partial charge in [-0.15, -0.1) is 0 Å². The molecule has 2 heterocycles. The summed E-state index contributed by atoms with van der Waals surface area (Å²) >= 11 is 5.27. The maximum atomic E-state index is 12.9. The first-order chi connectivity index (χ1) is 14.0. The van der Waals surface area contributed by atoms with Crippen LogP contribution in [0, 0.1) is 11.7 Å². The van der Waals surface area contributed by atoms with Gasteiger partial charge >= 0.3 is 0 Å².